The zero-order valence-corrected chi connectivity index (χ0v) is 20.0. The van der Waals surface area contributed by atoms with Gasteiger partial charge in [0.25, 0.3) is 5.91 Å². The van der Waals surface area contributed by atoms with Gasteiger partial charge in [0.2, 0.25) is 5.91 Å². The Kier molecular flexibility index (Phi) is 6.07. The Morgan fingerprint density at radius 3 is 2.37 bits per heavy atom. The molecule has 5 rings (SSSR count). The molecule has 7 heteroatoms. The molecule has 0 bridgehead atoms. The molecule has 0 saturated carbocycles. The van der Waals surface area contributed by atoms with E-state index < -0.39 is 12.0 Å². The van der Waals surface area contributed by atoms with Gasteiger partial charge in [0.1, 0.15) is 5.75 Å². The monoisotopic (exact) mass is 472 g/mol. The molecule has 2 atom stereocenters. The van der Waals surface area contributed by atoms with Gasteiger partial charge >= 0.3 is 0 Å². The van der Waals surface area contributed by atoms with E-state index in [-0.39, 0.29) is 11.8 Å². The molecule has 0 fully saturated rings. The average Bonchev–Trinajstić information content (AvgIpc) is 2.91. The van der Waals surface area contributed by atoms with E-state index in [0.717, 1.165) is 28.0 Å². The zero-order chi connectivity index (χ0) is 24.5. The highest BCUT2D eigenvalue weighted by Gasteiger charge is 2.46. The van der Waals surface area contributed by atoms with E-state index in [1.165, 1.54) is 0 Å². The molecule has 3 aromatic rings. The second kappa shape index (κ2) is 9.33. The number of hydrogen-bond donors (Lipinski definition) is 1. The van der Waals surface area contributed by atoms with Crippen LogP contribution < -0.4 is 19.5 Å². The molecular weight excluding hydrogens is 444 g/mol. The van der Waals surface area contributed by atoms with Crippen molar-refractivity contribution >= 4 is 11.8 Å². The maximum absolute atomic E-state index is 13.8. The summed E-state index contributed by atoms with van der Waals surface area (Å²) in [7, 11) is 4.82. The number of methoxy groups -OCH3 is 3. The highest BCUT2D eigenvalue weighted by Crippen LogP contribution is 2.48. The van der Waals surface area contributed by atoms with E-state index in [1.54, 1.807) is 21.3 Å². The minimum absolute atomic E-state index is 0.0507. The van der Waals surface area contributed by atoms with Crippen molar-refractivity contribution in [3.05, 3.63) is 88.5 Å². The van der Waals surface area contributed by atoms with E-state index in [2.05, 4.69) is 5.32 Å². The molecule has 7 nitrogen and oxygen atoms in total. The zero-order valence-electron chi connectivity index (χ0n) is 20.0. The van der Waals surface area contributed by atoms with Gasteiger partial charge in [0, 0.05) is 18.7 Å². The normalized spacial score (nSPS) is 18.1. The van der Waals surface area contributed by atoms with Crippen LogP contribution in [0, 0.1) is 0 Å². The van der Waals surface area contributed by atoms with Crippen LogP contribution in [0.5, 0.6) is 17.2 Å². The number of hydrogen-bond acceptors (Lipinski definition) is 5. The summed E-state index contributed by atoms with van der Waals surface area (Å²) in [4.78, 5) is 29.1. The first-order valence-corrected chi connectivity index (χ1v) is 11.6. The van der Waals surface area contributed by atoms with Crippen molar-refractivity contribution in [1.29, 1.82) is 0 Å². The molecule has 0 aliphatic carbocycles. The van der Waals surface area contributed by atoms with Crippen molar-refractivity contribution in [2.45, 2.75) is 24.9 Å². The van der Waals surface area contributed by atoms with Gasteiger partial charge in [0.05, 0.1) is 33.3 Å². The quantitative estimate of drug-likeness (QED) is 0.590. The molecule has 0 aromatic heterocycles. The number of carbonyl (C=O) groups is 2. The van der Waals surface area contributed by atoms with Crippen molar-refractivity contribution in [2.24, 2.45) is 0 Å². The van der Waals surface area contributed by atoms with Crippen molar-refractivity contribution in [1.82, 2.24) is 10.2 Å². The standard InChI is InChI=1S/C28H28N2O5/c1-33-19-10-8-17(9-11-19)16-29-27(31)25-20-6-4-5-7-21(20)28(32)30-13-12-18-14-23(34-2)24(35-3)15-22(18)26(25)30/h4-11,14-15,25-26H,12-13,16H2,1-3H3,(H,29,31)/t25-,26+/m0/s1. The topological polar surface area (TPSA) is 77.1 Å². The average molecular weight is 473 g/mol. The summed E-state index contributed by atoms with van der Waals surface area (Å²) in [5.74, 6) is 1.25. The first kappa shape index (κ1) is 22.8. The van der Waals surface area contributed by atoms with Crippen LogP contribution in [-0.2, 0) is 17.8 Å². The highest BCUT2D eigenvalue weighted by molar-refractivity contribution is 6.01. The Morgan fingerprint density at radius 2 is 1.66 bits per heavy atom. The van der Waals surface area contributed by atoms with Crippen LogP contribution >= 0.6 is 0 Å². The Bertz CT molecular complexity index is 1270. The summed E-state index contributed by atoms with van der Waals surface area (Å²) < 4.78 is 16.3. The van der Waals surface area contributed by atoms with E-state index in [9.17, 15) is 9.59 Å². The van der Waals surface area contributed by atoms with Gasteiger partial charge in [-0.3, -0.25) is 9.59 Å². The summed E-state index contributed by atoms with van der Waals surface area (Å²) in [5, 5.41) is 3.10. The Labute approximate surface area is 204 Å². The van der Waals surface area contributed by atoms with Crippen molar-refractivity contribution in [3.8, 4) is 17.2 Å². The van der Waals surface area contributed by atoms with E-state index >= 15 is 0 Å². The SMILES string of the molecule is COc1ccc(CNC(=O)[C@H]2c3ccccc3C(=O)N3CCc4cc(OC)c(OC)cc4[C@H]23)cc1. The smallest absolute Gasteiger partial charge is 0.254 e. The molecule has 180 valence electrons. The minimum atomic E-state index is -0.556. The highest BCUT2D eigenvalue weighted by atomic mass is 16.5. The third-order valence-corrected chi connectivity index (χ3v) is 6.93. The second-order valence-electron chi connectivity index (χ2n) is 8.73. The Morgan fingerprint density at radius 1 is 0.943 bits per heavy atom. The van der Waals surface area contributed by atoms with Crippen LogP contribution in [-0.4, -0.2) is 44.6 Å². The van der Waals surface area contributed by atoms with Crippen LogP contribution in [0.4, 0.5) is 0 Å². The lowest BCUT2D eigenvalue weighted by atomic mass is 9.75. The van der Waals surface area contributed by atoms with Crippen LogP contribution in [0.25, 0.3) is 0 Å². The molecular formula is C28H28N2O5. The molecule has 3 aromatic carbocycles. The van der Waals surface area contributed by atoms with Crippen LogP contribution in [0.2, 0.25) is 0 Å². The van der Waals surface area contributed by atoms with Gasteiger partial charge in [-0.05, 0) is 59.0 Å². The molecule has 0 spiro atoms. The summed E-state index contributed by atoms with van der Waals surface area (Å²) >= 11 is 0. The lowest BCUT2D eigenvalue weighted by Crippen LogP contribution is -2.50. The number of nitrogens with one attached hydrogen (secondary N) is 1. The fourth-order valence-electron chi connectivity index (χ4n) is 5.18. The van der Waals surface area contributed by atoms with Gasteiger partial charge in [-0.2, -0.15) is 0 Å². The lowest BCUT2D eigenvalue weighted by molar-refractivity contribution is -0.124. The first-order chi connectivity index (χ1) is 17.0. The summed E-state index contributed by atoms with van der Waals surface area (Å²) in [6.07, 6.45) is 0.681. The van der Waals surface area contributed by atoms with Crippen molar-refractivity contribution in [3.63, 3.8) is 0 Å². The van der Waals surface area contributed by atoms with Gasteiger partial charge in [-0.15, -0.1) is 0 Å². The van der Waals surface area contributed by atoms with Crippen LogP contribution in [0.3, 0.4) is 0 Å². The molecule has 0 saturated heterocycles. The maximum Gasteiger partial charge on any atom is 0.254 e. The summed E-state index contributed by atoms with van der Waals surface area (Å²) in [6.45, 7) is 0.906. The summed E-state index contributed by atoms with van der Waals surface area (Å²) in [5.41, 5.74) is 4.27. The molecule has 35 heavy (non-hydrogen) atoms. The molecule has 2 aliphatic rings. The number of fused-ring (bicyclic) bond motifs is 4. The molecule has 2 amide bonds. The number of nitrogens with zero attached hydrogens (tertiary/aromatic N) is 1. The maximum atomic E-state index is 13.8. The number of ether oxygens (including phenoxy) is 3. The van der Waals surface area contributed by atoms with E-state index in [4.69, 9.17) is 14.2 Å². The fourth-order valence-corrected chi connectivity index (χ4v) is 5.18. The van der Waals surface area contributed by atoms with Crippen molar-refractivity contribution < 1.29 is 23.8 Å². The van der Waals surface area contributed by atoms with Gasteiger partial charge in [0.15, 0.2) is 11.5 Å². The number of rotatable bonds is 6. The molecule has 0 unspecified atom stereocenters. The predicted octanol–water partition coefficient (Wildman–Crippen LogP) is 3.87. The minimum Gasteiger partial charge on any atom is -0.497 e. The number of carbonyl (C=O) groups excluding carboxylic acids is 2. The van der Waals surface area contributed by atoms with Gasteiger partial charge < -0.3 is 24.4 Å². The third-order valence-electron chi connectivity index (χ3n) is 6.93. The van der Waals surface area contributed by atoms with Crippen LogP contribution in [0.1, 0.15) is 44.6 Å². The molecule has 2 heterocycles. The molecule has 0 radical (unpaired) electrons. The third kappa shape index (κ3) is 3.97. The van der Waals surface area contributed by atoms with Gasteiger partial charge in [-0.1, -0.05) is 30.3 Å². The number of benzene rings is 3. The first-order valence-electron chi connectivity index (χ1n) is 11.6. The number of amides is 2. The lowest BCUT2D eigenvalue weighted by Gasteiger charge is -2.45. The van der Waals surface area contributed by atoms with E-state index in [1.807, 2.05) is 65.6 Å². The summed E-state index contributed by atoms with van der Waals surface area (Å²) in [6, 6.07) is 18.4. The van der Waals surface area contributed by atoms with Crippen molar-refractivity contribution in [2.75, 3.05) is 27.9 Å². The fraction of sp³-hybridized carbons (Fsp3) is 0.286. The second-order valence-corrected chi connectivity index (χ2v) is 8.73. The predicted molar refractivity (Wildman–Crippen MR) is 131 cm³/mol. The molecule has 2 aliphatic heterocycles. The largest absolute Gasteiger partial charge is 0.497 e. The Hall–Kier alpha value is -4.00. The van der Waals surface area contributed by atoms with Gasteiger partial charge in [-0.25, -0.2) is 0 Å². The molecule has 1 N–H and O–H groups in total. The van der Waals surface area contributed by atoms with Crippen LogP contribution in [0.15, 0.2) is 60.7 Å². The van der Waals surface area contributed by atoms with E-state index in [0.29, 0.717) is 36.6 Å². The Balaban J connectivity index is 1.55.